The van der Waals surface area contributed by atoms with E-state index in [0.29, 0.717) is 15.7 Å². The second-order valence-corrected chi connectivity index (χ2v) is 5.53. The van der Waals surface area contributed by atoms with Crippen LogP contribution in [0.4, 0.5) is 5.69 Å². The van der Waals surface area contributed by atoms with Gasteiger partial charge in [-0.05, 0) is 53.2 Å². The fourth-order valence-corrected chi connectivity index (χ4v) is 2.04. The number of nitriles is 1. The van der Waals surface area contributed by atoms with E-state index in [0.717, 1.165) is 0 Å². The summed E-state index contributed by atoms with van der Waals surface area (Å²) in [6.07, 6.45) is 1.92. The van der Waals surface area contributed by atoms with E-state index < -0.39 is 18.0 Å². The van der Waals surface area contributed by atoms with Gasteiger partial charge < -0.3 is 10.1 Å². The molecule has 2 aromatic rings. The van der Waals surface area contributed by atoms with Crippen molar-refractivity contribution in [3.8, 4) is 6.07 Å². The molecule has 0 spiro atoms. The number of carbonyl (C=O) groups is 2. The molecule has 1 aromatic heterocycles. The lowest BCUT2D eigenvalue weighted by Crippen LogP contribution is -2.30. The number of nitrogens with one attached hydrogen (secondary N) is 1. The Kier molecular flexibility index (Phi) is 5.44. The summed E-state index contributed by atoms with van der Waals surface area (Å²) in [7, 11) is 0. The van der Waals surface area contributed by atoms with Crippen LogP contribution in [0, 0.1) is 11.3 Å². The third-order valence-corrected chi connectivity index (χ3v) is 3.31. The van der Waals surface area contributed by atoms with Crippen molar-refractivity contribution in [3.63, 3.8) is 0 Å². The van der Waals surface area contributed by atoms with Crippen LogP contribution >= 0.6 is 15.9 Å². The fourth-order valence-electron chi connectivity index (χ4n) is 1.68. The normalized spacial score (nSPS) is 11.2. The Balaban J connectivity index is 1.96. The molecule has 0 aliphatic rings. The summed E-state index contributed by atoms with van der Waals surface area (Å²) < 4.78 is 5.75. The molecule has 0 saturated carbocycles. The van der Waals surface area contributed by atoms with E-state index in [2.05, 4.69) is 26.2 Å². The summed E-state index contributed by atoms with van der Waals surface area (Å²) in [4.78, 5) is 27.8. The largest absolute Gasteiger partial charge is 0.449 e. The second-order valence-electron chi connectivity index (χ2n) is 4.62. The van der Waals surface area contributed by atoms with E-state index in [1.54, 1.807) is 30.3 Å². The molecule has 1 N–H and O–H groups in total. The minimum atomic E-state index is -0.975. The van der Waals surface area contributed by atoms with Gasteiger partial charge >= 0.3 is 5.97 Å². The molecular weight excluding hydrogens is 362 g/mol. The number of aromatic nitrogens is 1. The number of ether oxygens (including phenoxy) is 1. The number of hydrogen-bond acceptors (Lipinski definition) is 5. The number of amides is 1. The molecule has 1 atom stereocenters. The van der Waals surface area contributed by atoms with Crippen molar-refractivity contribution in [1.29, 1.82) is 5.26 Å². The van der Waals surface area contributed by atoms with Gasteiger partial charge in [0.25, 0.3) is 5.91 Å². The first kappa shape index (κ1) is 16.6. The summed E-state index contributed by atoms with van der Waals surface area (Å²) in [5.41, 5.74) is 1.25. The number of anilines is 1. The molecule has 0 aliphatic heterocycles. The Morgan fingerprint density at radius 3 is 2.61 bits per heavy atom. The predicted molar refractivity (Wildman–Crippen MR) is 86.6 cm³/mol. The van der Waals surface area contributed by atoms with Gasteiger partial charge in [0, 0.05) is 22.6 Å². The van der Waals surface area contributed by atoms with Gasteiger partial charge in [0.1, 0.15) is 0 Å². The topological polar surface area (TPSA) is 92.1 Å². The molecule has 0 radical (unpaired) electrons. The third-order valence-electron chi connectivity index (χ3n) is 2.88. The highest BCUT2D eigenvalue weighted by Gasteiger charge is 2.19. The maximum Gasteiger partial charge on any atom is 0.340 e. The molecule has 23 heavy (non-hydrogen) atoms. The van der Waals surface area contributed by atoms with Crippen LogP contribution in [0.1, 0.15) is 22.8 Å². The second kappa shape index (κ2) is 7.51. The number of esters is 1. The van der Waals surface area contributed by atoms with Crippen molar-refractivity contribution in [3.05, 3.63) is 58.3 Å². The number of nitrogens with zero attached hydrogens (tertiary/aromatic N) is 2. The lowest BCUT2D eigenvalue weighted by Gasteiger charge is -2.13. The molecule has 1 aromatic carbocycles. The first-order valence-corrected chi connectivity index (χ1v) is 7.41. The van der Waals surface area contributed by atoms with Crippen LogP contribution in [0.15, 0.2) is 47.2 Å². The molecule has 0 saturated heterocycles. The minimum absolute atomic E-state index is 0.248. The number of carbonyl (C=O) groups excluding carboxylic acids is 2. The fraction of sp³-hybridized carbons (Fsp3) is 0.125. The molecule has 1 amide bonds. The molecule has 6 nitrogen and oxygen atoms in total. The maximum absolute atomic E-state index is 12.0. The molecule has 0 fully saturated rings. The molecule has 2 rings (SSSR count). The van der Waals surface area contributed by atoms with Crippen LogP contribution in [-0.4, -0.2) is 23.0 Å². The van der Waals surface area contributed by atoms with E-state index in [1.165, 1.54) is 19.3 Å². The van der Waals surface area contributed by atoms with Gasteiger partial charge in [-0.2, -0.15) is 5.26 Å². The minimum Gasteiger partial charge on any atom is -0.449 e. The van der Waals surface area contributed by atoms with E-state index in [1.807, 2.05) is 6.07 Å². The highest BCUT2D eigenvalue weighted by atomic mass is 79.9. The van der Waals surface area contributed by atoms with E-state index >= 15 is 0 Å². The standard InChI is InChI=1S/C16H12BrN3O3/c1-10(23-16(22)12-6-13(17)9-19-8-12)15(21)20-14-4-2-11(7-18)3-5-14/h2-6,8-10H,1H3,(H,20,21)/t10-/m1/s1. The Morgan fingerprint density at radius 1 is 1.30 bits per heavy atom. The van der Waals surface area contributed by atoms with Crippen LogP contribution in [0.2, 0.25) is 0 Å². The zero-order chi connectivity index (χ0) is 16.8. The SMILES string of the molecule is C[C@@H](OC(=O)c1cncc(Br)c1)C(=O)Nc1ccc(C#N)cc1. The van der Waals surface area contributed by atoms with Crippen LogP contribution in [0.25, 0.3) is 0 Å². The smallest absolute Gasteiger partial charge is 0.340 e. The number of halogens is 1. The van der Waals surface area contributed by atoms with Gasteiger partial charge in [-0.1, -0.05) is 0 Å². The number of hydrogen-bond donors (Lipinski definition) is 1. The molecule has 0 aliphatic carbocycles. The van der Waals surface area contributed by atoms with Gasteiger partial charge in [-0.3, -0.25) is 9.78 Å². The summed E-state index contributed by atoms with van der Waals surface area (Å²) in [5.74, 6) is -1.10. The average Bonchev–Trinajstić information content (AvgIpc) is 2.55. The Bertz CT molecular complexity index is 769. The average molecular weight is 374 g/mol. The molecule has 0 unspecified atom stereocenters. The van der Waals surface area contributed by atoms with Crippen molar-refractivity contribution in [2.75, 3.05) is 5.32 Å². The number of pyridine rings is 1. The summed E-state index contributed by atoms with van der Waals surface area (Å²) in [5, 5.41) is 11.3. The van der Waals surface area contributed by atoms with Crippen LogP contribution in [0.5, 0.6) is 0 Å². The van der Waals surface area contributed by atoms with Crippen molar-refractivity contribution in [1.82, 2.24) is 4.98 Å². The number of rotatable bonds is 4. The van der Waals surface area contributed by atoms with Crippen molar-refractivity contribution >= 4 is 33.5 Å². The summed E-state index contributed by atoms with van der Waals surface area (Å²) in [6.45, 7) is 1.47. The van der Waals surface area contributed by atoms with Crippen molar-refractivity contribution in [2.24, 2.45) is 0 Å². The van der Waals surface area contributed by atoms with Gasteiger partial charge in [0.2, 0.25) is 0 Å². The Labute approximate surface area is 141 Å². The van der Waals surface area contributed by atoms with Crippen LogP contribution in [-0.2, 0) is 9.53 Å². The highest BCUT2D eigenvalue weighted by molar-refractivity contribution is 9.10. The van der Waals surface area contributed by atoms with Gasteiger partial charge in [-0.15, -0.1) is 0 Å². The van der Waals surface area contributed by atoms with Gasteiger partial charge in [0.05, 0.1) is 17.2 Å². The molecular formula is C16H12BrN3O3. The van der Waals surface area contributed by atoms with Gasteiger partial charge in [0.15, 0.2) is 6.10 Å². The molecule has 0 bridgehead atoms. The number of benzene rings is 1. The van der Waals surface area contributed by atoms with Gasteiger partial charge in [-0.25, -0.2) is 4.79 Å². The zero-order valence-corrected chi connectivity index (χ0v) is 13.7. The van der Waals surface area contributed by atoms with Crippen molar-refractivity contribution in [2.45, 2.75) is 13.0 Å². The van der Waals surface area contributed by atoms with E-state index in [4.69, 9.17) is 10.00 Å². The van der Waals surface area contributed by atoms with Crippen molar-refractivity contribution < 1.29 is 14.3 Å². The lowest BCUT2D eigenvalue weighted by molar-refractivity contribution is -0.123. The highest BCUT2D eigenvalue weighted by Crippen LogP contribution is 2.13. The third kappa shape index (κ3) is 4.63. The summed E-state index contributed by atoms with van der Waals surface area (Å²) >= 11 is 3.21. The molecule has 1 heterocycles. The molecule has 7 heteroatoms. The first-order chi connectivity index (χ1) is 11.0. The zero-order valence-electron chi connectivity index (χ0n) is 12.1. The van der Waals surface area contributed by atoms with E-state index in [9.17, 15) is 9.59 Å². The maximum atomic E-state index is 12.0. The lowest BCUT2D eigenvalue weighted by atomic mass is 10.2. The van der Waals surface area contributed by atoms with E-state index in [-0.39, 0.29) is 5.56 Å². The predicted octanol–water partition coefficient (Wildman–Crippen LogP) is 2.90. The van der Waals surface area contributed by atoms with Crippen LogP contribution < -0.4 is 5.32 Å². The monoisotopic (exact) mass is 373 g/mol. The first-order valence-electron chi connectivity index (χ1n) is 6.62. The Hall–Kier alpha value is -2.72. The molecule has 116 valence electrons. The summed E-state index contributed by atoms with van der Waals surface area (Å²) in [6, 6.07) is 9.91. The quantitative estimate of drug-likeness (QED) is 0.831. The van der Waals surface area contributed by atoms with Crippen LogP contribution in [0.3, 0.4) is 0 Å². The Morgan fingerprint density at radius 2 is 2.00 bits per heavy atom.